The minimum absolute atomic E-state index is 0.572. The highest BCUT2D eigenvalue weighted by molar-refractivity contribution is 6.13. The molecule has 5 heterocycles. The molecular weight excluding hydrogens is 781 g/mol. The summed E-state index contributed by atoms with van der Waals surface area (Å²) in [5.74, 6) is 0. The molecule has 5 aromatic heterocycles. The molecule has 0 saturated carbocycles. The fourth-order valence-electron chi connectivity index (χ4n) is 9.36. The van der Waals surface area contributed by atoms with Crippen LogP contribution in [0.15, 0.2) is 219 Å². The summed E-state index contributed by atoms with van der Waals surface area (Å²) in [4.78, 5) is 15.4. The van der Waals surface area contributed by atoms with Crippen molar-refractivity contribution in [3.05, 3.63) is 224 Å². The summed E-state index contributed by atoms with van der Waals surface area (Å²) in [5, 5.41) is 15.2. The van der Waals surface area contributed by atoms with Gasteiger partial charge < -0.3 is 9.13 Å². The molecule has 298 valence electrons. The first-order valence-corrected chi connectivity index (χ1v) is 21.3. The van der Waals surface area contributed by atoms with Crippen molar-refractivity contribution in [2.45, 2.75) is 0 Å². The van der Waals surface area contributed by atoms with E-state index in [1.54, 1.807) is 0 Å². The first-order chi connectivity index (χ1) is 31.7. The number of rotatable bonds is 7. The summed E-state index contributed by atoms with van der Waals surface area (Å²) in [6, 6.07) is 73.6. The second-order valence-electron chi connectivity index (χ2n) is 15.9. The van der Waals surface area contributed by atoms with Gasteiger partial charge in [0.25, 0.3) is 0 Å². The van der Waals surface area contributed by atoms with E-state index in [0.717, 1.165) is 111 Å². The maximum Gasteiger partial charge on any atom is 0.0998 e. The number of hydrogen-bond acceptors (Lipinski definition) is 4. The molecule has 6 heteroatoms. The maximum atomic E-state index is 10.8. The Labute approximate surface area is 369 Å². The highest BCUT2D eigenvalue weighted by atomic mass is 15.0. The van der Waals surface area contributed by atoms with E-state index in [9.17, 15) is 5.26 Å². The summed E-state index contributed by atoms with van der Waals surface area (Å²) in [6.45, 7) is 0. The number of pyridine rings is 3. The number of benzene rings is 7. The molecule has 0 fully saturated rings. The molecule has 0 atom stereocenters. The molecular formula is C58H36N6. The molecule has 0 amide bonds. The molecule has 0 spiro atoms. The molecule has 6 nitrogen and oxygen atoms in total. The van der Waals surface area contributed by atoms with Crippen LogP contribution in [0.2, 0.25) is 0 Å². The lowest BCUT2D eigenvalue weighted by Gasteiger charge is -2.20. The molecule has 64 heavy (non-hydrogen) atoms. The SMILES string of the molecule is N#Cc1ccccc1-c1c(-n2c3ccccc3c3ccc(-c4cccc(-c5ccccc5)n4)cc32)cncc1-n1c2ccccc2c2ccc(-c3cccc(-c4ccccc4)n3)cc21. The van der Waals surface area contributed by atoms with Gasteiger partial charge in [-0.3, -0.25) is 4.98 Å². The number of hydrogen-bond donors (Lipinski definition) is 0. The molecule has 12 aromatic rings. The van der Waals surface area contributed by atoms with Crippen molar-refractivity contribution in [1.29, 1.82) is 5.26 Å². The van der Waals surface area contributed by atoms with Gasteiger partial charge >= 0.3 is 0 Å². The summed E-state index contributed by atoms with van der Waals surface area (Å²) in [5.41, 5.74) is 15.8. The number of fused-ring (bicyclic) bond motifs is 6. The van der Waals surface area contributed by atoms with E-state index in [1.807, 2.05) is 67.0 Å². The smallest absolute Gasteiger partial charge is 0.0998 e. The van der Waals surface area contributed by atoms with Crippen molar-refractivity contribution in [2.75, 3.05) is 0 Å². The Bertz CT molecular complexity index is 3580. The molecule has 7 aromatic carbocycles. The standard InChI is InChI=1S/C58H36N6/c59-35-42-19-7-8-20-43(42)58-56(63-52-27-11-9-21-44(52)46-31-29-40(33-54(46)63)50-25-13-23-48(61-50)38-15-3-1-4-16-38)36-60-37-57(58)64-53-28-12-10-22-45(53)47-32-30-41(34-55(47)64)51-26-14-24-49(62-51)39-17-5-2-6-18-39/h1-34,36-37H. The van der Waals surface area contributed by atoms with E-state index in [1.165, 1.54) is 0 Å². The summed E-state index contributed by atoms with van der Waals surface area (Å²) in [6.07, 6.45) is 3.89. The van der Waals surface area contributed by atoms with Crippen LogP contribution in [0.5, 0.6) is 0 Å². The molecule has 0 N–H and O–H groups in total. The van der Waals surface area contributed by atoms with Crippen molar-refractivity contribution >= 4 is 43.6 Å². The zero-order valence-corrected chi connectivity index (χ0v) is 34.5. The predicted molar refractivity (Wildman–Crippen MR) is 260 cm³/mol. The van der Waals surface area contributed by atoms with Crippen LogP contribution < -0.4 is 0 Å². The minimum atomic E-state index is 0.572. The third-order valence-corrected chi connectivity index (χ3v) is 12.3. The van der Waals surface area contributed by atoms with E-state index in [2.05, 4.69) is 167 Å². The van der Waals surface area contributed by atoms with Crippen LogP contribution in [0.1, 0.15) is 5.56 Å². The molecule has 0 aliphatic heterocycles. The Morgan fingerprint density at radius 2 is 0.781 bits per heavy atom. The van der Waals surface area contributed by atoms with Gasteiger partial charge in [-0.2, -0.15) is 5.26 Å². The highest BCUT2D eigenvalue weighted by Gasteiger charge is 2.24. The van der Waals surface area contributed by atoms with E-state index in [-0.39, 0.29) is 0 Å². The zero-order valence-electron chi connectivity index (χ0n) is 34.5. The average Bonchev–Trinajstić information content (AvgIpc) is 3.88. The molecule has 0 bridgehead atoms. The molecule has 0 radical (unpaired) electrons. The number of para-hydroxylation sites is 2. The summed E-state index contributed by atoms with van der Waals surface area (Å²) >= 11 is 0. The van der Waals surface area contributed by atoms with Crippen molar-refractivity contribution in [3.63, 3.8) is 0 Å². The first-order valence-electron chi connectivity index (χ1n) is 21.3. The Morgan fingerprint density at radius 1 is 0.359 bits per heavy atom. The van der Waals surface area contributed by atoms with Gasteiger partial charge in [-0.25, -0.2) is 9.97 Å². The van der Waals surface area contributed by atoms with Gasteiger partial charge in [-0.1, -0.05) is 152 Å². The van der Waals surface area contributed by atoms with Gasteiger partial charge in [0.2, 0.25) is 0 Å². The summed E-state index contributed by atoms with van der Waals surface area (Å²) < 4.78 is 4.63. The predicted octanol–water partition coefficient (Wildman–Crippen LogP) is 14.3. The van der Waals surface area contributed by atoms with Gasteiger partial charge in [0.15, 0.2) is 0 Å². The lowest BCUT2D eigenvalue weighted by atomic mass is 9.97. The third kappa shape index (κ3) is 6.06. The quantitative estimate of drug-likeness (QED) is 0.161. The second-order valence-corrected chi connectivity index (χ2v) is 15.9. The largest absolute Gasteiger partial charge is 0.307 e. The number of nitrogens with zero attached hydrogens (tertiary/aromatic N) is 6. The van der Waals surface area contributed by atoms with Crippen molar-refractivity contribution in [3.8, 4) is 73.6 Å². The van der Waals surface area contributed by atoms with Crippen LogP contribution in [-0.2, 0) is 0 Å². The number of aromatic nitrogens is 5. The van der Waals surface area contributed by atoms with Crippen molar-refractivity contribution < 1.29 is 0 Å². The van der Waals surface area contributed by atoms with E-state index in [4.69, 9.17) is 15.0 Å². The van der Waals surface area contributed by atoms with Crippen LogP contribution in [0.4, 0.5) is 0 Å². The fraction of sp³-hybridized carbons (Fsp3) is 0. The average molecular weight is 817 g/mol. The third-order valence-electron chi connectivity index (χ3n) is 12.3. The highest BCUT2D eigenvalue weighted by Crippen LogP contribution is 2.43. The second kappa shape index (κ2) is 15.2. The monoisotopic (exact) mass is 816 g/mol. The Hall–Kier alpha value is -8.92. The Kier molecular flexibility index (Phi) is 8.77. The van der Waals surface area contributed by atoms with Gasteiger partial charge in [0, 0.05) is 54.9 Å². The molecule has 0 unspecified atom stereocenters. The van der Waals surface area contributed by atoms with Crippen LogP contribution in [-0.4, -0.2) is 24.1 Å². The van der Waals surface area contributed by atoms with Crippen LogP contribution in [0, 0.1) is 11.3 Å². The molecule has 0 aliphatic rings. The first kappa shape index (κ1) is 36.9. The normalized spacial score (nSPS) is 11.4. The molecule has 0 saturated heterocycles. The van der Waals surface area contributed by atoms with Crippen molar-refractivity contribution in [1.82, 2.24) is 24.1 Å². The van der Waals surface area contributed by atoms with Crippen LogP contribution in [0.25, 0.3) is 111 Å². The van der Waals surface area contributed by atoms with Gasteiger partial charge in [-0.05, 0) is 54.6 Å². The van der Waals surface area contributed by atoms with E-state index in [0.29, 0.717) is 5.56 Å². The number of nitriles is 1. The van der Waals surface area contributed by atoms with Crippen LogP contribution in [0.3, 0.4) is 0 Å². The van der Waals surface area contributed by atoms with Gasteiger partial charge in [0.05, 0.1) is 80.2 Å². The maximum absolute atomic E-state index is 10.8. The van der Waals surface area contributed by atoms with Gasteiger partial charge in [0.1, 0.15) is 0 Å². The van der Waals surface area contributed by atoms with Crippen molar-refractivity contribution in [2.24, 2.45) is 0 Å². The minimum Gasteiger partial charge on any atom is -0.307 e. The van der Waals surface area contributed by atoms with E-state index < -0.39 is 0 Å². The fourth-order valence-corrected chi connectivity index (χ4v) is 9.36. The van der Waals surface area contributed by atoms with Crippen LogP contribution >= 0.6 is 0 Å². The lowest BCUT2D eigenvalue weighted by Crippen LogP contribution is -2.05. The topological polar surface area (TPSA) is 72.3 Å². The van der Waals surface area contributed by atoms with E-state index >= 15 is 0 Å². The molecule has 12 rings (SSSR count). The van der Waals surface area contributed by atoms with Gasteiger partial charge in [-0.15, -0.1) is 0 Å². The zero-order chi connectivity index (χ0) is 42.6. The molecule has 0 aliphatic carbocycles. The Balaban J connectivity index is 1.13. The Morgan fingerprint density at radius 3 is 1.28 bits per heavy atom. The summed E-state index contributed by atoms with van der Waals surface area (Å²) in [7, 11) is 0. The lowest BCUT2D eigenvalue weighted by molar-refractivity contribution is 1.09.